The smallest absolute Gasteiger partial charge is 0.333 e. The summed E-state index contributed by atoms with van der Waals surface area (Å²) in [5, 5.41) is 20.2. The maximum atomic E-state index is 13.0. The van der Waals surface area contributed by atoms with Crippen LogP contribution in [0.5, 0.6) is 0 Å². The first-order valence-electron chi connectivity index (χ1n) is 15.4. The van der Waals surface area contributed by atoms with Gasteiger partial charge in [-0.05, 0) is 37.3 Å². The Labute approximate surface area is 259 Å². The third-order valence-corrected chi connectivity index (χ3v) is 12.7. The van der Waals surface area contributed by atoms with Crippen LogP contribution in [0.2, 0.25) is 0 Å². The predicted octanol–water partition coefficient (Wildman–Crippen LogP) is 6.61. The van der Waals surface area contributed by atoms with Crippen LogP contribution in [0.4, 0.5) is 0 Å². The molecule has 0 fully saturated rings. The number of ether oxygens (including phenoxy) is 2. The topological polar surface area (TPSA) is 113 Å². The maximum absolute atomic E-state index is 13.0. The Bertz CT molecular complexity index is 1070. The van der Waals surface area contributed by atoms with Gasteiger partial charge in [0.25, 0.3) is 0 Å². The van der Waals surface area contributed by atoms with Crippen LogP contribution in [0.1, 0.15) is 94.2 Å². The van der Waals surface area contributed by atoms with Crippen molar-refractivity contribution in [2.24, 2.45) is 0 Å². The van der Waals surface area contributed by atoms with E-state index in [-0.39, 0.29) is 36.0 Å². The number of aliphatic hydroxyl groups excluding tert-OH is 1. The lowest BCUT2D eigenvalue weighted by atomic mass is 10.1. The molecule has 2 rings (SSSR count). The van der Waals surface area contributed by atoms with Gasteiger partial charge in [-0.25, -0.2) is 4.79 Å². The number of carbonyl (C=O) groups is 3. The van der Waals surface area contributed by atoms with Gasteiger partial charge in [0.2, 0.25) is 0 Å². The minimum Gasteiger partial charge on any atom is -0.545 e. The molecule has 1 N–H and O–H groups in total. The highest BCUT2D eigenvalue weighted by Crippen LogP contribution is 2.72. The third-order valence-electron chi connectivity index (χ3n) is 7.28. The van der Waals surface area contributed by atoms with E-state index < -0.39 is 25.3 Å². The average molecular weight is 615 g/mol. The number of carboxylic acid groups (broad SMARTS) is 1. The van der Waals surface area contributed by atoms with Gasteiger partial charge >= 0.3 is 11.9 Å². The van der Waals surface area contributed by atoms with Gasteiger partial charge in [-0.2, -0.15) is 0 Å². The molecular weight excluding hydrogens is 563 g/mol. The summed E-state index contributed by atoms with van der Waals surface area (Å²) in [5.74, 6) is -1.99. The number of aromatic carboxylic acids is 1. The lowest BCUT2D eigenvalue weighted by Gasteiger charge is -2.35. The Morgan fingerprint density at radius 2 is 1.28 bits per heavy atom. The van der Waals surface area contributed by atoms with Crippen molar-refractivity contribution in [1.82, 2.24) is 0 Å². The Morgan fingerprint density at radius 3 is 1.70 bits per heavy atom. The summed E-state index contributed by atoms with van der Waals surface area (Å²) in [7, 11) is -1.46. The van der Waals surface area contributed by atoms with E-state index >= 15 is 0 Å². The standard InChI is InChI=1S/C28H46O5P.C7H6O2/c1-6-9-17-34(18-10-7-2,19-11-8-3)26(24-15-13-12-14-16-24)20-27(30)32-21-25(29)22-33-28(31)23(4)5;8-7(9)6-4-2-1-3-5-6/h12-16,25-26,29H,4,6-11,17-22H2,1-3,5H3;1-5H,(H,8,9)/q+1;/p-1. The van der Waals surface area contributed by atoms with E-state index in [0.717, 1.165) is 19.3 Å². The molecule has 0 aromatic heterocycles. The minimum absolute atomic E-state index is 0.171. The molecule has 0 saturated heterocycles. The number of hydrogen-bond acceptors (Lipinski definition) is 7. The van der Waals surface area contributed by atoms with Crippen molar-refractivity contribution in [2.75, 3.05) is 31.7 Å². The van der Waals surface area contributed by atoms with Gasteiger partial charge in [0.1, 0.15) is 25.0 Å². The number of esters is 2. The van der Waals surface area contributed by atoms with Gasteiger partial charge in [-0.1, -0.05) is 107 Å². The summed E-state index contributed by atoms with van der Waals surface area (Å²) < 4.78 is 10.4. The Kier molecular flexibility index (Phi) is 19.1. The second-order valence-corrected chi connectivity index (χ2v) is 15.4. The number of aliphatic hydroxyl groups is 1. The van der Waals surface area contributed by atoms with Gasteiger partial charge in [-0.15, -0.1) is 0 Å². The van der Waals surface area contributed by atoms with Crippen molar-refractivity contribution >= 4 is 25.2 Å². The van der Waals surface area contributed by atoms with Crippen LogP contribution < -0.4 is 5.11 Å². The molecule has 2 aromatic rings. The first-order valence-corrected chi connectivity index (χ1v) is 17.8. The van der Waals surface area contributed by atoms with Crippen LogP contribution in [0.15, 0.2) is 72.8 Å². The number of rotatable bonds is 19. The van der Waals surface area contributed by atoms with E-state index in [9.17, 15) is 24.6 Å². The lowest BCUT2D eigenvalue weighted by Crippen LogP contribution is -2.27. The molecule has 0 heterocycles. The SMILES string of the molecule is C=C(C)C(=O)OCC(O)COC(=O)CC(c1ccccc1)[P+](CCCC)(CCCC)CCCC.O=C([O-])c1ccccc1. The van der Waals surface area contributed by atoms with Crippen molar-refractivity contribution in [3.05, 3.63) is 83.9 Å². The molecule has 8 heteroatoms. The van der Waals surface area contributed by atoms with Crippen molar-refractivity contribution in [3.63, 3.8) is 0 Å². The molecule has 0 amide bonds. The molecule has 7 nitrogen and oxygen atoms in total. The molecule has 0 bridgehead atoms. The summed E-state index contributed by atoms with van der Waals surface area (Å²) in [6.45, 7) is 11.4. The zero-order chi connectivity index (χ0) is 32.1. The molecule has 0 aliphatic heterocycles. The summed E-state index contributed by atoms with van der Waals surface area (Å²) >= 11 is 0. The van der Waals surface area contributed by atoms with Gasteiger partial charge in [-0.3, -0.25) is 4.79 Å². The van der Waals surface area contributed by atoms with Crippen LogP contribution in [-0.2, 0) is 19.1 Å². The highest BCUT2D eigenvalue weighted by atomic mass is 31.2. The lowest BCUT2D eigenvalue weighted by molar-refractivity contribution is -0.255. The van der Waals surface area contributed by atoms with E-state index in [1.165, 1.54) is 55.4 Å². The van der Waals surface area contributed by atoms with Crippen molar-refractivity contribution < 1.29 is 34.1 Å². The Balaban J connectivity index is 0.000000869. The molecule has 238 valence electrons. The maximum Gasteiger partial charge on any atom is 0.333 e. The molecule has 43 heavy (non-hydrogen) atoms. The second-order valence-electron chi connectivity index (χ2n) is 10.9. The summed E-state index contributed by atoms with van der Waals surface area (Å²) in [4.78, 5) is 34.6. The van der Waals surface area contributed by atoms with Crippen molar-refractivity contribution in [3.8, 4) is 0 Å². The fourth-order valence-electron chi connectivity index (χ4n) is 4.85. The van der Waals surface area contributed by atoms with E-state index in [1.54, 1.807) is 25.1 Å². The van der Waals surface area contributed by atoms with Crippen LogP contribution in [-0.4, -0.2) is 60.8 Å². The number of hydrogen-bond donors (Lipinski definition) is 1. The fourth-order valence-corrected chi connectivity index (χ4v) is 10.6. The molecular formula is C35H51O7P. The molecule has 2 unspecified atom stereocenters. The van der Waals surface area contributed by atoms with Crippen LogP contribution >= 0.6 is 7.26 Å². The zero-order valence-electron chi connectivity index (χ0n) is 26.5. The number of carbonyl (C=O) groups excluding carboxylic acids is 3. The average Bonchev–Trinajstić information content (AvgIpc) is 3.02. The van der Waals surface area contributed by atoms with Crippen LogP contribution in [0.25, 0.3) is 0 Å². The highest BCUT2D eigenvalue weighted by molar-refractivity contribution is 7.76. The molecule has 0 radical (unpaired) electrons. The third kappa shape index (κ3) is 14.8. The quantitative estimate of drug-likeness (QED) is 0.108. The van der Waals surface area contributed by atoms with E-state index in [0.29, 0.717) is 6.42 Å². The molecule has 0 aliphatic rings. The fraction of sp³-hybridized carbons (Fsp3) is 0.514. The normalized spacial score (nSPS) is 12.3. The Morgan fingerprint density at radius 1 is 0.814 bits per heavy atom. The molecule has 0 saturated carbocycles. The highest BCUT2D eigenvalue weighted by Gasteiger charge is 2.46. The van der Waals surface area contributed by atoms with Gasteiger partial charge in [0, 0.05) is 12.8 Å². The number of benzene rings is 2. The number of carboxylic acids is 1. The van der Waals surface area contributed by atoms with Crippen molar-refractivity contribution in [2.45, 2.75) is 84.4 Å². The van der Waals surface area contributed by atoms with Crippen molar-refractivity contribution in [1.29, 1.82) is 0 Å². The first kappa shape index (κ1) is 38.0. The van der Waals surface area contributed by atoms with Gasteiger partial charge < -0.3 is 24.5 Å². The first-order chi connectivity index (χ1) is 20.6. The largest absolute Gasteiger partial charge is 0.545 e. The van der Waals surface area contributed by atoms with E-state index in [4.69, 9.17) is 9.47 Å². The molecule has 0 aliphatic carbocycles. The Hall–Kier alpha value is -3.02. The molecule has 0 spiro atoms. The second kappa shape index (κ2) is 21.6. The number of unbranched alkanes of at least 4 members (excludes halogenated alkanes) is 3. The van der Waals surface area contributed by atoms with Gasteiger partial charge in [0.05, 0.1) is 30.9 Å². The monoisotopic (exact) mass is 614 g/mol. The van der Waals surface area contributed by atoms with Gasteiger partial charge in [0.15, 0.2) is 0 Å². The summed E-state index contributed by atoms with van der Waals surface area (Å²) in [5.41, 5.74) is 1.88. The molecule has 2 aromatic carbocycles. The molecule has 2 atom stereocenters. The minimum atomic E-state index is -1.46. The zero-order valence-corrected chi connectivity index (χ0v) is 27.4. The summed E-state index contributed by atoms with van der Waals surface area (Å²) in [6, 6.07) is 18.5. The van der Waals surface area contributed by atoms with E-state index in [1.807, 2.05) is 6.07 Å². The van der Waals surface area contributed by atoms with Crippen LogP contribution in [0.3, 0.4) is 0 Å². The summed E-state index contributed by atoms with van der Waals surface area (Å²) in [6.07, 6.45) is 9.91. The van der Waals surface area contributed by atoms with Crippen LogP contribution in [0, 0.1) is 0 Å². The van der Waals surface area contributed by atoms with E-state index in [2.05, 4.69) is 51.6 Å². The predicted molar refractivity (Wildman–Crippen MR) is 174 cm³/mol.